The Kier molecular flexibility index (Phi) is 7.11. The molecule has 2 aliphatic rings. The minimum Gasteiger partial charge on any atom is -0.491 e. The van der Waals surface area contributed by atoms with E-state index in [1.807, 2.05) is 26.0 Å². The van der Waals surface area contributed by atoms with E-state index in [4.69, 9.17) is 9.47 Å². The van der Waals surface area contributed by atoms with E-state index in [0.717, 1.165) is 30.4 Å². The number of ether oxygens (including phenoxy) is 2. The molecule has 0 amide bonds. The second kappa shape index (κ2) is 9.84. The van der Waals surface area contributed by atoms with E-state index in [1.165, 1.54) is 18.2 Å². The summed E-state index contributed by atoms with van der Waals surface area (Å²) < 4.78 is 52.9. The van der Waals surface area contributed by atoms with Crippen LogP contribution in [0.4, 0.5) is 13.2 Å². The minimum atomic E-state index is -0.411. The quantitative estimate of drug-likeness (QED) is 0.523. The van der Waals surface area contributed by atoms with E-state index in [2.05, 4.69) is 5.32 Å². The van der Waals surface area contributed by atoms with Gasteiger partial charge in [0.1, 0.15) is 24.1 Å². The van der Waals surface area contributed by atoms with Crippen LogP contribution in [0.5, 0.6) is 5.75 Å². The second-order valence-corrected chi connectivity index (χ2v) is 9.35. The monoisotopic (exact) mass is 447 g/mol. The number of nitrogens with one attached hydrogen (secondary N) is 1. The zero-order valence-corrected chi connectivity index (χ0v) is 18.8. The number of hydrogen-bond acceptors (Lipinski definition) is 3. The second-order valence-electron chi connectivity index (χ2n) is 9.35. The molecule has 2 unspecified atom stereocenters. The summed E-state index contributed by atoms with van der Waals surface area (Å²) >= 11 is 0. The highest BCUT2D eigenvalue weighted by atomic mass is 19.1. The number of hydrogen-bond donors (Lipinski definition) is 1. The Morgan fingerprint density at radius 3 is 2.59 bits per heavy atom. The summed E-state index contributed by atoms with van der Waals surface area (Å²) in [4.78, 5) is 0. The highest BCUT2D eigenvalue weighted by Gasteiger charge is 2.54. The molecular weight excluding hydrogens is 415 g/mol. The molecule has 1 spiro atoms. The van der Waals surface area contributed by atoms with Crippen LogP contribution in [0.15, 0.2) is 42.5 Å². The van der Waals surface area contributed by atoms with Crippen molar-refractivity contribution < 1.29 is 22.6 Å². The van der Waals surface area contributed by atoms with E-state index >= 15 is 0 Å². The third-order valence-corrected chi connectivity index (χ3v) is 6.82. The van der Waals surface area contributed by atoms with E-state index in [9.17, 15) is 13.2 Å². The molecule has 1 heterocycles. The Bertz CT molecular complexity index is 904. The summed E-state index contributed by atoms with van der Waals surface area (Å²) in [5, 5.41) is 3.20. The van der Waals surface area contributed by atoms with Gasteiger partial charge in [-0.25, -0.2) is 13.2 Å². The summed E-state index contributed by atoms with van der Waals surface area (Å²) in [6.45, 7) is 4.99. The molecule has 3 nitrogen and oxygen atoms in total. The molecule has 1 saturated heterocycles. The van der Waals surface area contributed by atoms with Gasteiger partial charge in [0.05, 0.1) is 18.3 Å². The lowest BCUT2D eigenvalue weighted by molar-refractivity contribution is -0.00918. The molecule has 0 bridgehead atoms. The molecule has 6 heteroatoms. The fourth-order valence-electron chi connectivity index (χ4n) is 5.59. The topological polar surface area (TPSA) is 30.5 Å². The summed E-state index contributed by atoms with van der Waals surface area (Å²) in [6.07, 6.45) is 2.53. The van der Waals surface area contributed by atoms with Gasteiger partial charge >= 0.3 is 0 Å². The van der Waals surface area contributed by atoms with Crippen LogP contribution in [-0.2, 0) is 4.74 Å². The van der Waals surface area contributed by atoms with Gasteiger partial charge in [-0.1, -0.05) is 12.1 Å². The molecule has 2 fully saturated rings. The van der Waals surface area contributed by atoms with Crippen LogP contribution in [0.25, 0.3) is 0 Å². The maximum atomic E-state index is 14.2. The number of rotatable bonds is 8. The first kappa shape index (κ1) is 23.1. The van der Waals surface area contributed by atoms with Crippen molar-refractivity contribution in [3.63, 3.8) is 0 Å². The van der Waals surface area contributed by atoms with Crippen LogP contribution in [0, 0.1) is 17.6 Å². The van der Waals surface area contributed by atoms with Gasteiger partial charge in [-0.15, -0.1) is 0 Å². The van der Waals surface area contributed by atoms with Crippen molar-refractivity contribution in [3.8, 4) is 5.75 Å². The Morgan fingerprint density at radius 1 is 1.12 bits per heavy atom. The molecular formula is C26H32F3NO2. The maximum Gasteiger partial charge on any atom is 0.123 e. The molecule has 0 aromatic heterocycles. The molecule has 1 N–H and O–H groups in total. The lowest BCUT2D eigenvalue weighted by atomic mass is 9.76. The zero-order chi connectivity index (χ0) is 22.7. The molecule has 1 aliphatic heterocycles. The lowest BCUT2D eigenvalue weighted by Gasteiger charge is -2.34. The van der Waals surface area contributed by atoms with Crippen molar-refractivity contribution in [3.05, 3.63) is 65.2 Å². The maximum absolute atomic E-state index is 14.2. The van der Waals surface area contributed by atoms with Gasteiger partial charge in [0.25, 0.3) is 0 Å². The smallest absolute Gasteiger partial charge is 0.123 e. The zero-order valence-electron chi connectivity index (χ0n) is 18.8. The molecule has 0 radical (unpaired) electrons. The van der Waals surface area contributed by atoms with Crippen LogP contribution in [0.1, 0.15) is 56.1 Å². The molecule has 4 rings (SSSR count). The van der Waals surface area contributed by atoms with Crippen LogP contribution in [-0.4, -0.2) is 38.1 Å². The molecule has 32 heavy (non-hydrogen) atoms. The fourth-order valence-corrected chi connectivity index (χ4v) is 5.59. The molecule has 1 saturated carbocycles. The Labute approximate surface area is 188 Å². The first-order chi connectivity index (χ1) is 15.4. The van der Waals surface area contributed by atoms with Crippen molar-refractivity contribution in [1.82, 2.24) is 5.32 Å². The van der Waals surface area contributed by atoms with Crippen LogP contribution in [0.3, 0.4) is 0 Å². The van der Waals surface area contributed by atoms with E-state index in [0.29, 0.717) is 25.4 Å². The third-order valence-electron chi connectivity index (χ3n) is 6.82. The van der Waals surface area contributed by atoms with Gasteiger partial charge in [0.2, 0.25) is 0 Å². The van der Waals surface area contributed by atoms with Crippen molar-refractivity contribution in [1.29, 1.82) is 0 Å². The van der Waals surface area contributed by atoms with Gasteiger partial charge in [-0.3, -0.25) is 0 Å². The summed E-state index contributed by atoms with van der Waals surface area (Å²) in [5.41, 5.74) is 1.47. The van der Waals surface area contributed by atoms with Crippen molar-refractivity contribution in [2.75, 3.05) is 26.4 Å². The average Bonchev–Trinajstić information content (AvgIpc) is 3.34. The minimum absolute atomic E-state index is 0.0138. The van der Waals surface area contributed by atoms with Gasteiger partial charge in [0, 0.05) is 23.9 Å². The van der Waals surface area contributed by atoms with Crippen molar-refractivity contribution in [2.45, 2.75) is 56.7 Å². The van der Waals surface area contributed by atoms with Gasteiger partial charge < -0.3 is 14.8 Å². The molecule has 4 atom stereocenters. The molecule has 2 aromatic carbocycles. The summed E-state index contributed by atoms with van der Waals surface area (Å²) in [7, 11) is 0. The van der Waals surface area contributed by atoms with Gasteiger partial charge in [0.15, 0.2) is 0 Å². The number of alkyl halides is 1. The highest BCUT2D eigenvalue weighted by Crippen LogP contribution is 2.56. The fraction of sp³-hybridized carbons (Fsp3) is 0.538. The number of benzene rings is 2. The van der Waals surface area contributed by atoms with Crippen molar-refractivity contribution in [2.24, 2.45) is 5.92 Å². The molecule has 174 valence electrons. The van der Waals surface area contributed by atoms with Gasteiger partial charge in [-0.2, -0.15) is 0 Å². The summed E-state index contributed by atoms with van der Waals surface area (Å²) in [6, 6.07) is 11.3. The highest BCUT2D eigenvalue weighted by molar-refractivity contribution is 5.39. The predicted molar refractivity (Wildman–Crippen MR) is 119 cm³/mol. The van der Waals surface area contributed by atoms with Crippen LogP contribution < -0.4 is 10.1 Å². The predicted octanol–water partition coefficient (Wildman–Crippen LogP) is 5.75. The SMILES string of the molecule is CC(C)Oc1ccc(F)cc1C1CO[C@]2(CCC(CNCCF)[C@H]2c2ccc(F)cc2)C1. The number of halogens is 3. The first-order valence-electron chi connectivity index (χ1n) is 11.5. The van der Waals surface area contributed by atoms with E-state index < -0.39 is 12.3 Å². The van der Waals surface area contributed by atoms with E-state index in [-0.39, 0.29) is 35.5 Å². The average molecular weight is 448 g/mol. The molecule has 2 aromatic rings. The Hall–Kier alpha value is -2.05. The lowest BCUT2D eigenvalue weighted by Crippen LogP contribution is -2.36. The standard InChI is InChI=1S/C26H32F3NO2/c1-17(2)32-24-8-7-22(29)13-23(24)20-14-26(31-16-20)10-9-19(15-30-12-11-27)25(26)18-3-5-21(28)6-4-18/h3-8,13,17,19-20,25,30H,9-12,14-16H2,1-2H3/t19?,20?,25-,26-/m1/s1. The molecule has 1 aliphatic carbocycles. The van der Waals surface area contributed by atoms with Crippen molar-refractivity contribution >= 4 is 0 Å². The van der Waals surface area contributed by atoms with E-state index in [1.54, 1.807) is 12.1 Å². The summed E-state index contributed by atoms with van der Waals surface area (Å²) in [5.74, 6) is 0.470. The first-order valence-corrected chi connectivity index (χ1v) is 11.5. The third kappa shape index (κ3) is 4.81. The van der Waals surface area contributed by atoms with Gasteiger partial charge in [-0.05, 0) is 81.5 Å². The Balaban J connectivity index is 1.62. The normalized spacial score (nSPS) is 27.5. The largest absolute Gasteiger partial charge is 0.491 e. The van der Waals surface area contributed by atoms with Crippen LogP contribution >= 0.6 is 0 Å². The Morgan fingerprint density at radius 2 is 1.88 bits per heavy atom. The van der Waals surface area contributed by atoms with Crippen LogP contribution in [0.2, 0.25) is 0 Å².